The molecule has 0 radical (unpaired) electrons. The summed E-state index contributed by atoms with van der Waals surface area (Å²) < 4.78 is 6.03. The minimum Gasteiger partial charge on any atom is -0.472 e. The lowest BCUT2D eigenvalue weighted by Crippen LogP contribution is -2.62. The average Bonchev–Trinajstić information content (AvgIpc) is 3.55. The fraction of sp³-hybridized carbons (Fsp3) is 0.667. The Labute approximate surface area is 222 Å². The normalized spacial score (nSPS) is 32.2. The first kappa shape index (κ1) is 26.4. The van der Waals surface area contributed by atoms with Crippen molar-refractivity contribution in [1.29, 1.82) is 0 Å². The van der Waals surface area contributed by atoms with Gasteiger partial charge in [0.05, 0.1) is 19.1 Å². The third-order valence-electron chi connectivity index (χ3n) is 8.97. The van der Waals surface area contributed by atoms with Crippen LogP contribution in [0.1, 0.15) is 47.0 Å². The van der Waals surface area contributed by atoms with Crippen LogP contribution in [0.3, 0.4) is 0 Å². The molecule has 5 rings (SSSR count). The smallest absolute Gasteiger partial charge is 0.271 e. The standard InChI is InChI=1S/C27H38N6O5/c1-26(2,3)21(29)24(36)33-11-16-14-7-8-15(10-14)19(16)20(33)23(35)32(12-18(28)34)13-27(4)25(37)31-22-17(38-27)6-5-9-30-22/h5-6,9,14-16,19-21H,7-8,10-13,29H2,1-4H3,(H2,28,34)(H,30,31,37)/t14-,15+,16-,19+,20+,21-,27-/m1/s1. The number of carbonyl (C=O) groups excluding carboxylic acids is 4. The van der Waals surface area contributed by atoms with Crippen LogP contribution in [0.4, 0.5) is 5.82 Å². The van der Waals surface area contributed by atoms with Crippen molar-refractivity contribution in [3.05, 3.63) is 18.3 Å². The average molecular weight is 527 g/mol. The van der Waals surface area contributed by atoms with Crippen LogP contribution in [0.2, 0.25) is 0 Å². The van der Waals surface area contributed by atoms with Gasteiger partial charge in [-0.1, -0.05) is 20.8 Å². The molecule has 11 nitrogen and oxygen atoms in total. The summed E-state index contributed by atoms with van der Waals surface area (Å²) in [6.45, 7) is 7.12. The van der Waals surface area contributed by atoms with E-state index in [0.717, 1.165) is 19.3 Å². The van der Waals surface area contributed by atoms with Gasteiger partial charge in [-0.2, -0.15) is 0 Å². The lowest BCUT2D eigenvalue weighted by molar-refractivity contribution is -0.151. The van der Waals surface area contributed by atoms with Crippen LogP contribution in [-0.2, 0) is 19.2 Å². The van der Waals surface area contributed by atoms with E-state index in [1.165, 1.54) is 11.1 Å². The minimum atomic E-state index is -1.50. The van der Waals surface area contributed by atoms with Gasteiger partial charge in [0.25, 0.3) is 5.91 Å². The Kier molecular flexibility index (Phi) is 6.40. The predicted octanol–water partition coefficient (Wildman–Crippen LogP) is 0.732. The van der Waals surface area contributed by atoms with Gasteiger partial charge in [-0.3, -0.25) is 19.2 Å². The van der Waals surface area contributed by atoms with Gasteiger partial charge in [0, 0.05) is 12.7 Å². The zero-order valence-corrected chi connectivity index (χ0v) is 22.5. The van der Waals surface area contributed by atoms with E-state index < -0.39 is 47.4 Å². The van der Waals surface area contributed by atoms with E-state index >= 15 is 0 Å². The van der Waals surface area contributed by atoms with Gasteiger partial charge in [-0.15, -0.1) is 0 Å². The number of nitrogens with zero attached hydrogens (tertiary/aromatic N) is 3. The first-order chi connectivity index (χ1) is 17.8. The lowest BCUT2D eigenvalue weighted by atomic mass is 9.78. The number of amides is 4. The number of likely N-dealkylation sites (tertiary alicyclic amines) is 1. The molecule has 1 aromatic rings. The van der Waals surface area contributed by atoms with Crippen LogP contribution in [0.5, 0.6) is 5.75 Å². The Bertz CT molecular complexity index is 1170. The largest absolute Gasteiger partial charge is 0.472 e. The number of fused-ring (bicyclic) bond motifs is 6. The van der Waals surface area contributed by atoms with Crippen molar-refractivity contribution in [3.63, 3.8) is 0 Å². The molecule has 5 N–H and O–H groups in total. The van der Waals surface area contributed by atoms with Crippen molar-refractivity contribution in [2.45, 2.75) is 64.6 Å². The summed E-state index contributed by atoms with van der Waals surface area (Å²) in [5, 5.41) is 2.72. The SMILES string of the molecule is CC(C)(C)[C@H](N)C(=O)N1C[C@@H]2[C@@H]3CC[C@@H](C3)[C@@H]2[C@H]1C(=O)N(CC(N)=O)C[C@@]1(C)Oc2cccnc2NC1=O. The van der Waals surface area contributed by atoms with E-state index in [1.807, 2.05) is 20.8 Å². The zero-order valence-electron chi connectivity index (χ0n) is 22.5. The second kappa shape index (κ2) is 9.21. The van der Waals surface area contributed by atoms with Gasteiger partial charge in [0.2, 0.25) is 23.3 Å². The molecule has 11 heteroatoms. The molecular formula is C27H38N6O5. The molecule has 38 heavy (non-hydrogen) atoms. The molecule has 2 aliphatic carbocycles. The molecule has 0 aromatic carbocycles. The van der Waals surface area contributed by atoms with Crippen LogP contribution in [-0.4, -0.2) is 75.7 Å². The second-order valence-electron chi connectivity index (χ2n) is 12.7. The molecule has 7 atom stereocenters. The number of hydrogen-bond donors (Lipinski definition) is 3. The number of nitrogens with one attached hydrogen (secondary N) is 1. The fourth-order valence-corrected chi connectivity index (χ4v) is 6.99. The Balaban J connectivity index is 1.47. The summed E-state index contributed by atoms with van der Waals surface area (Å²) in [6.07, 6.45) is 4.71. The molecule has 1 saturated heterocycles. The van der Waals surface area contributed by atoms with Crippen molar-refractivity contribution in [2.75, 3.05) is 25.0 Å². The molecule has 4 amide bonds. The summed E-state index contributed by atoms with van der Waals surface area (Å²) >= 11 is 0. The maximum absolute atomic E-state index is 14.3. The van der Waals surface area contributed by atoms with Crippen LogP contribution < -0.4 is 21.5 Å². The monoisotopic (exact) mass is 526 g/mol. The van der Waals surface area contributed by atoms with E-state index in [2.05, 4.69) is 10.3 Å². The number of pyridine rings is 1. The molecule has 1 aromatic heterocycles. The molecule has 2 aliphatic heterocycles. The quantitative estimate of drug-likeness (QED) is 0.492. The van der Waals surface area contributed by atoms with Crippen LogP contribution in [0.15, 0.2) is 18.3 Å². The van der Waals surface area contributed by atoms with Crippen molar-refractivity contribution in [3.8, 4) is 5.75 Å². The van der Waals surface area contributed by atoms with E-state index in [-0.39, 0.29) is 30.1 Å². The molecule has 0 spiro atoms. The number of carbonyl (C=O) groups is 4. The summed E-state index contributed by atoms with van der Waals surface area (Å²) in [4.78, 5) is 60.3. The number of rotatable bonds is 6. The van der Waals surface area contributed by atoms with Crippen molar-refractivity contribution >= 4 is 29.4 Å². The number of aromatic nitrogens is 1. The van der Waals surface area contributed by atoms with E-state index in [0.29, 0.717) is 24.1 Å². The van der Waals surface area contributed by atoms with Gasteiger partial charge in [-0.25, -0.2) is 4.98 Å². The molecule has 0 unspecified atom stereocenters. The Morgan fingerprint density at radius 1 is 1.29 bits per heavy atom. The van der Waals surface area contributed by atoms with E-state index in [9.17, 15) is 19.2 Å². The summed E-state index contributed by atoms with van der Waals surface area (Å²) in [6, 6.07) is 1.80. The Hall–Kier alpha value is -3.21. The molecule has 3 heterocycles. The van der Waals surface area contributed by atoms with Gasteiger partial charge < -0.3 is 31.3 Å². The van der Waals surface area contributed by atoms with Crippen LogP contribution >= 0.6 is 0 Å². The predicted molar refractivity (Wildman–Crippen MR) is 138 cm³/mol. The van der Waals surface area contributed by atoms with Crippen LogP contribution in [0.25, 0.3) is 0 Å². The van der Waals surface area contributed by atoms with Gasteiger partial charge in [0.15, 0.2) is 11.6 Å². The number of anilines is 1. The minimum absolute atomic E-state index is 0.00780. The third kappa shape index (κ3) is 4.40. The first-order valence-electron chi connectivity index (χ1n) is 13.4. The highest BCUT2D eigenvalue weighted by molar-refractivity contribution is 6.00. The van der Waals surface area contributed by atoms with E-state index in [4.69, 9.17) is 16.2 Å². The zero-order chi connectivity index (χ0) is 27.6. The Morgan fingerprint density at radius 3 is 2.68 bits per heavy atom. The fourth-order valence-electron chi connectivity index (χ4n) is 6.99. The molecule has 3 fully saturated rings. The van der Waals surface area contributed by atoms with Crippen LogP contribution in [0, 0.1) is 29.1 Å². The summed E-state index contributed by atoms with van der Waals surface area (Å²) in [7, 11) is 0. The number of primary amides is 1. The number of hydrogen-bond acceptors (Lipinski definition) is 7. The molecule has 2 saturated carbocycles. The topological polar surface area (TPSA) is 161 Å². The lowest BCUT2D eigenvalue weighted by Gasteiger charge is -2.40. The molecule has 2 bridgehead atoms. The van der Waals surface area contributed by atoms with Gasteiger partial charge >= 0.3 is 0 Å². The van der Waals surface area contributed by atoms with Gasteiger partial charge in [0.1, 0.15) is 6.04 Å². The molecule has 4 aliphatic rings. The van der Waals surface area contributed by atoms with E-state index in [1.54, 1.807) is 24.0 Å². The molecular weight excluding hydrogens is 488 g/mol. The third-order valence-corrected chi connectivity index (χ3v) is 8.97. The summed E-state index contributed by atoms with van der Waals surface area (Å²) in [5.41, 5.74) is 9.98. The van der Waals surface area contributed by atoms with Crippen molar-refractivity contribution in [1.82, 2.24) is 14.8 Å². The molecule has 206 valence electrons. The van der Waals surface area contributed by atoms with Crippen molar-refractivity contribution in [2.24, 2.45) is 40.6 Å². The maximum atomic E-state index is 14.3. The highest BCUT2D eigenvalue weighted by Gasteiger charge is 2.60. The number of ether oxygens (including phenoxy) is 1. The van der Waals surface area contributed by atoms with Crippen molar-refractivity contribution < 1.29 is 23.9 Å². The highest BCUT2D eigenvalue weighted by Crippen LogP contribution is 2.57. The second-order valence-corrected chi connectivity index (χ2v) is 12.7. The Morgan fingerprint density at radius 2 is 2.00 bits per heavy atom. The highest BCUT2D eigenvalue weighted by atomic mass is 16.5. The summed E-state index contributed by atoms with van der Waals surface area (Å²) in [5.74, 6) is -0.189. The maximum Gasteiger partial charge on any atom is 0.271 e. The first-order valence-corrected chi connectivity index (χ1v) is 13.4. The number of nitrogens with two attached hydrogens (primary N) is 2. The van der Waals surface area contributed by atoms with Gasteiger partial charge in [-0.05, 0) is 67.4 Å².